The Balaban J connectivity index is 1.13. The third-order valence-electron chi connectivity index (χ3n) is 9.02. The fourth-order valence-electron chi connectivity index (χ4n) is 6.63. The number of hydrogen-bond acceptors (Lipinski definition) is 6. The van der Waals surface area contributed by atoms with Crippen LogP contribution in [0.4, 0.5) is 0 Å². The fraction of sp³-hybridized carbons (Fsp3) is 0.581. The molecule has 0 saturated carbocycles. The molecule has 0 radical (unpaired) electrons. The maximum Gasteiger partial charge on any atom is 0.142 e. The molecule has 1 aromatic carbocycles. The molecule has 2 aromatic heterocycles. The number of fused-ring (bicyclic) bond motifs is 1. The Kier molecular flexibility index (Phi) is 7.86. The Morgan fingerprint density at radius 2 is 1.74 bits per heavy atom. The number of ketones is 1. The van der Waals surface area contributed by atoms with Crippen LogP contribution in [-0.4, -0.2) is 75.8 Å². The van der Waals surface area contributed by atoms with Crippen molar-refractivity contribution in [2.75, 3.05) is 39.4 Å². The number of pyridine rings is 1. The van der Waals surface area contributed by atoms with Crippen molar-refractivity contribution in [3.8, 4) is 11.1 Å². The molecule has 0 bridgehead atoms. The number of Topliss-reactive ketones (excluding diaryl/α,β-unsaturated/α-hetero) is 1. The molecule has 5 heterocycles. The first kappa shape index (κ1) is 25.7. The van der Waals surface area contributed by atoms with Crippen molar-refractivity contribution in [1.29, 1.82) is 0 Å². The summed E-state index contributed by atoms with van der Waals surface area (Å²) in [5.41, 5.74) is 4.53. The number of aromatic nitrogens is 3. The molecule has 0 spiro atoms. The van der Waals surface area contributed by atoms with Crippen molar-refractivity contribution in [3.05, 3.63) is 48.0 Å². The summed E-state index contributed by atoms with van der Waals surface area (Å²) < 4.78 is 7.55. The van der Waals surface area contributed by atoms with Crippen LogP contribution in [0.2, 0.25) is 0 Å². The molecular weight excluding hydrogens is 474 g/mol. The quantitative estimate of drug-likeness (QED) is 0.457. The molecule has 3 saturated heterocycles. The van der Waals surface area contributed by atoms with Crippen molar-refractivity contribution in [1.82, 2.24) is 24.6 Å². The molecule has 0 amide bonds. The van der Waals surface area contributed by atoms with Crippen molar-refractivity contribution in [3.63, 3.8) is 0 Å². The maximum atomic E-state index is 13.2. The van der Waals surface area contributed by atoms with Crippen molar-refractivity contribution in [2.24, 2.45) is 13.0 Å². The van der Waals surface area contributed by atoms with Gasteiger partial charge in [0.1, 0.15) is 5.78 Å². The first-order valence-electron chi connectivity index (χ1n) is 14.6. The lowest BCUT2D eigenvalue weighted by atomic mass is 9.88. The summed E-state index contributed by atoms with van der Waals surface area (Å²) in [5, 5.41) is 6.85. The molecule has 3 fully saturated rings. The van der Waals surface area contributed by atoms with Gasteiger partial charge in [-0.05, 0) is 87.8 Å². The molecular formula is C31H41N5O2. The van der Waals surface area contributed by atoms with E-state index in [2.05, 4.69) is 44.1 Å². The number of ether oxygens (including phenoxy) is 1. The molecule has 7 nitrogen and oxygen atoms in total. The topological polar surface area (TPSA) is 63.5 Å². The lowest BCUT2D eigenvalue weighted by molar-refractivity contribution is -0.124. The van der Waals surface area contributed by atoms with Crippen LogP contribution in [0.25, 0.3) is 21.9 Å². The highest BCUT2D eigenvalue weighted by Crippen LogP contribution is 2.29. The first-order valence-corrected chi connectivity index (χ1v) is 14.6. The molecule has 202 valence electrons. The molecule has 0 N–H and O–H groups in total. The highest BCUT2D eigenvalue weighted by molar-refractivity contribution is 5.89. The number of aryl methyl sites for hydroxylation is 1. The van der Waals surface area contributed by atoms with Gasteiger partial charge >= 0.3 is 0 Å². The molecule has 3 aliphatic heterocycles. The van der Waals surface area contributed by atoms with Crippen molar-refractivity contribution in [2.45, 2.75) is 64.0 Å². The maximum absolute atomic E-state index is 13.2. The minimum Gasteiger partial charge on any atom is -0.381 e. The fourth-order valence-corrected chi connectivity index (χ4v) is 6.63. The SMILES string of the molecule is Cn1ncc(-c2ccc3cnc(CC(=O)C4CCN(C5CCOCC5)CC4)cc3c2)c1CN1CCCCC1. The highest BCUT2D eigenvalue weighted by atomic mass is 16.5. The minimum absolute atomic E-state index is 0.155. The summed E-state index contributed by atoms with van der Waals surface area (Å²) in [6, 6.07) is 9.32. The van der Waals surface area contributed by atoms with Crippen LogP contribution >= 0.6 is 0 Å². The van der Waals surface area contributed by atoms with E-state index < -0.39 is 0 Å². The van der Waals surface area contributed by atoms with E-state index in [1.807, 2.05) is 24.1 Å². The molecule has 0 atom stereocenters. The van der Waals surface area contributed by atoms with Gasteiger partial charge in [0.15, 0.2) is 0 Å². The van der Waals surface area contributed by atoms with E-state index >= 15 is 0 Å². The summed E-state index contributed by atoms with van der Waals surface area (Å²) in [6.45, 7) is 7.08. The van der Waals surface area contributed by atoms with Crippen LogP contribution in [0.5, 0.6) is 0 Å². The number of rotatable bonds is 7. The molecule has 6 rings (SSSR count). The summed E-state index contributed by atoms with van der Waals surface area (Å²) in [7, 11) is 2.05. The smallest absolute Gasteiger partial charge is 0.142 e. The third-order valence-corrected chi connectivity index (χ3v) is 9.02. The zero-order valence-corrected chi connectivity index (χ0v) is 22.8. The number of nitrogens with zero attached hydrogens (tertiary/aromatic N) is 5. The number of piperidine rings is 2. The lowest BCUT2D eigenvalue weighted by Crippen LogP contribution is -2.45. The largest absolute Gasteiger partial charge is 0.381 e. The Bertz CT molecular complexity index is 1250. The van der Waals surface area contributed by atoms with Crippen LogP contribution in [0.3, 0.4) is 0 Å². The van der Waals surface area contributed by atoms with Crippen LogP contribution in [0.15, 0.2) is 36.7 Å². The second-order valence-electron chi connectivity index (χ2n) is 11.5. The zero-order chi connectivity index (χ0) is 25.9. The number of likely N-dealkylation sites (tertiary alicyclic amines) is 2. The van der Waals surface area contributed by atoms with Gasteiger partial charge in [0.05, 0.1) is 11.9 Å². The van der Waals surface area contributed by atoms with E-state index in [1.165, 1.54) is 49.2 Å². The predicted octanol–water partition coefficient (Wildman–Crippen LogP) is 4.62. The average molecular weight is 516 g/mol. The molecule has 3 aromatic rings. The summed E-state index contributed by atoms with van der Waals surface area (Å²) in [6.07, 6.45) is 12.4. The third kappa shape index (κ3) is 5.70. The van der Waals surface area contributed by atoms with Gasteiger partial charge < -0.3 is 9.64 Å². The Hall–Kier alpha value is -2.61. The van der Waals surface area contributed by atoms with Gasteiger partial charge in [0.2, 0.25) is 0 Å². The summed E-state index contributed by atoms with van der Waals surface area (Å²) >= 11 is 0. The normalized spacial score (nSPS) is 20.8. The Morgan fingerprint density at radius 3 is 2.53 bits per heavy atom. The van der Waals surface area contributed by atoms with E-state index in [9.17, 15) is 4.79 Å². The van der Waals surface area contributed by atoms with E-state index in [0.717, 1.165) is 75.0 Å². The van der Waals surface area contributed by atoms with E-state index in [1.54, 1.807) is 0 Å². The zero-order valence-electron chi connectivity index (χ0n) is 22.8. The lowest BCUT2D eigenvalue weighted by Gasteiger charge is -2.38. The van der Waals surface area contributed by atoms with Gasteiger partial charge in [-0.1, -0.05) is 18.6 Å². The van der Waals surface area contributed by atoms with Crippen molar-refractivity contribution >= 4 is 16.6 Å². The van der Waals surface area contributed by atoms with Gasteiger partial charge in [0.25, 0.3) is 0 Å². The van der Waals surface area contributed by atoms with Gasteiger partial charge in [-0.2, -0.15) is 5.10 Å². The second-order valence-corrected chi connectivity index (χ2v) is 11.5. The Labute approximate surface area is 226 Å². The Morgan fingerprint density at radius 1 is 0.947 bits per heavy atom. The van der Waals surface area contributed by atoms with Gasteiger partial charge in [0, 0.05) is 68.0 Å². The van der Waals surface area contributed by atoms with Gasteiger partial charge in [-0.15, -0.1) is 0 Å². The number of carbonyl (C=O) groups excluding carboxylic acids is 1. The van der Waals surface area contributed by atoms with Gasteiger partial charge in [-0.3, -0.25) is 19.4 Å². The van der Waals surface area contributed by atoms with Gasteiger partial charge in [-0.25, -0.2) is 0 Å². The molecule has 7 heteroatoms. The monoisotopic (exact) mass is 515 g/mol. The summed E-state index contributed by atoms with van der Waals surface area (Å²) in [4.78, 5) is 23.0. The van der Waals surface area contributed by atoms with E-state index in [-0.39, 0.29) is 5.92 Å². The van der Waals surface area contributed by atoms with Crippen LogP contribution in [0.1, 0.15) is 56.3 Å². The van der Waals surface area contributed by atoms with Crippen molar-refractivity contribution < 1.29 is 9.53 Å². The first-order chi connectivity index (χ1) is 18.6. The number of hydrogen-bond donors (Lipinski definition) is 0. The highest BCUT2D eigenvalue weighted by Gasteiger charge is 2.29. The molecule has 3 aliphatic rings. The number of benzene rings is 1. The van der Waals surface area contributed by atoms with Crippen LogP contribution < -0.4 is 0 Å². The average Bonchev–Trinajstić information content (AvgIpc) is 3.33. The molecule has 0 aliphatic carbocycles. The van der Waals surface area contributed by atoms with E-state index in [0.29, 0.717) is 18.2 Å². The predicted molar refractivity (Wildman–Crippen MR) is 150 cm³/mol. The van der Waals surface area contributed by atoms with Crippen LogP contribution in [-0.2, 0) is 29.5 Å². The van der Waals surface area contributed by atoms with Crippen LogP contribution in [0, 0.1) is 5.92 Å². The summed E-state index contributed by atoms with van der Waals surface area (Å²) in [5.74, 6) is 0.498. The molecule has 38 heavy (non-hydrogen) atoms. The second kappa shape index (κ2) is 11.6. The van der Waals surface area contributed by atoms with E-state index in [4.69, 9.17) is 4.74 Å². The standard InChI is InChI=1S/C31H41N5O2/c1-34-30(22-35-11-3-2-4-12-35)29(21-33-34)24-5-6-25-20-32-27(18-26(25)17-24)19-31(37)23-7-13-36(14-8-23)28-9-15-38-16-10-28/h5-6,17-18,20-21,23,28H,2-4,7-16,19,22H2,1H3. The molecule has 0 unspecified atom stereocenters. The number of carbonyl (C=O) groups is 1. The minimum atomic E-state index is 0.155.